The third-order valence-corrected chi connectivity index (χ3v) is 2.39. The molecule has 1 aromatic carbocycles. The van der Waals surface area contributed by atoms with Gasteiger partial charge in [0.1, 0.15) is 5.82 Å². The van der Waals surface area contributed by atoms with Gasteiger partial charge >= 0.3 is 18.1 Å². The van der Waals surface area contributed by atoms with Gasteiger partial charge in [-0.2, -0.15) is 13.2 Å². The van der Waals surface area contributed by atoms with Gasteiger partial charge in [0.2, 0.25) is 0 Å². The van der Waals surface area contributed by atoms with E-state index in [1.807, 2.05) is 0 Å². The van der Waals surface area contributed by atoms with E-state index in [1.165, 1.54) is 12.1 Å². The van der Waals surface area contributed by atoms with Crippen LogP contribution in [0.15, 0.2) is 18.2 Å². The maximum absolute atomic E-state index is 13.3. The first-order chi connectivity index (χ1) is 9.25. The number of hydrogen-bond donors (Lipinski definition) is 1. The SMILES string of the molecule is COC(=O)c1cc(CCNC(=O)C(F)(F)F)ccc1F. The molecule has 0 aliphatic rings. The molecule has 0 heterocycles. The first kappa shape index (κ1) is 15.9. The Morgan fingerprint density at radius 3 is 2.50 bits per heavy atom. The first-order valence-electron chi connectivity index (χ1n) is 5.47. The predicted octanol–water partition coefficient (Wildman–Crippen LogP) is 1.83. The van der Waals surface area contributed by atoms with E-state index in [0.717, 1.165) is 13.2 Å². The number of hydrogen-bond acceptors (Lipinski definition) is 3. The molecule has 0 aliphatic heterocycles. The van der Waals surface area contributed by atoms with Crippen LogP contribution in [0.2, 0.25) is 0 Å². The lowest BCUT2D eigenvalue weighted by Gasteiger charge is -2.08. The van der Waals surface area contributed by atoms with Gasteiger partial charge in [-0.1, -0.05) is 6.07 Å². The van der Waals surface area contributed by atoms with Gasteiger partial charge in [0.15, 0.2) is 0 Å². The van der Waals surface area contributed by atoms with E-state index in [9.17, 15) is 27.2 Å². The number of ether oxygens (including phenoxy) is 1. The average molecular weight is 293 g/mol. The minimum atomic E-state index is -4.94. The van der Waals surface area contributed by atoms with Gasteiger partial charge in [0.25, 0.3) is 0 Å². The van der Waals surface area contributed by atoms with Gasteiger partial charge in [-0.25, -0.2) is 9.18 Å². The zero-order valence-corrected chi connectivity index (χ0v) is 10.4. The average Bonchev–Trinajstić information content (AvgIpc) is 2.38. The lowest BCUT2D eigenvalue weighted by Crippen LogP contribution is -2.37. The number of carbonyl (C=O) groups excluding carboxylic acids is 2. The fraction of sp³-hybridized carbons (Fsp3) is 0.333. The second kappa shape index (κ2) is 6.36. The molecule has 1 amide bonds. The monoisotopic (exact) mass is 293 g/mol. The Labute approximate surface area is 111 Å². The summed E-state index contributed by atoms with van der Waals surface area (Å²) in [5, 5.41) is 1.67. The molecule has 1 N–H and O–H groups in total. The molecule has 0 bridgehead atoms. The molecule has 0 saturated heterocycles. The molecule has 110 valence electrons. The molecule has 4 nitrogen and oxygen atoms in total. The topological polar surface area (TPSA) is 55.4 Å². The molecule has 0 unspecified atom stereocenters. The van der Waals surface area contributed by atoms with E-state index in [0.29, 0.717) is 5.56 Å². The molecule has 1 aromatic rings. The van der Waals surface area contributed by atoms with Crippen molar-refractivity contribution in [3.8, 4) is 0 Å². The molecule has 0 aromatic heterocycles. The summed E-state index contributed by atoms with van der Waals surface area (Å²) in [5.74, 6) is -3.73. The highest BCUT2D eigenvalue weighted by Gasteiger charge is 2.38. The van der Waals surface area contributed by atoms with Crippen molar-refractivity contribution in [2.75, 3.05) is 13.7 Å². The fourth-order valence-corrected chi connectivity index (χ4v) is 1.41. The van der Waals surface area contributed by atoms with Crippen LogP contribution in [0.5, 0.6) is 0 Å². The lowest BCUT2D eigenvalue weighted by molar-refractivity contribution is -0.173. The van der Waals surface area contributed by atoms with Gasteiger partial charge in [0, 0.05) is 6.54 Å². The minimum absolute atomic E-state index is 0.0199. The van der Waals surface area contributed by atoms with Gasteiger partial charge in [-0.15, -0.1) is 0 Å². The van der Waals surface area contributed by atoms with Crippen LogP contribution in [0.1, 0.15) is 15.9 Å². The molecular formula is C12H11F4NO3. The Balaban J connectivity index is 2.66. The second-order valence-electron chi connectivity index (χ2n) is 3.81. The molecule has 0 aliphatic carbocycles. The highest BCUT2D eigenvalue weighted by atomic mass is 19.4. The molecule has 0 spiro atoms. The van der Waals surface area contributed by atoms with E-state index in [2.05, 4.69) is 4.74 Å². The van der Waals surface area contributed by atoms with E-state index < -0.39 is 23.9 Å². The summed E-state index contributed by atoms with van der Waals surface area (Å²) in [4.78, 5) is 21.8. The van der Waals surface area contributed by atoms with Crippen molar-refractivity contribution in [2.24, 2.45) is 0 Å². The number of nitrogens with one attached hydrogen (secondary N) is 1. The number of amides is 1. The van der Waals surface area contributed by atoms with Crippen LogP contribution < -0.4 is 5.32 Å². The molecule has 1 rings (SSSR count). The quantitative estimate of drug-likeness (QED) is 0.680. The summed E-state index contributed by atoms with van der Waals surface area (Å²) in [6, 6.07) is 3.48. The summed E-state index contributed by atoms with van der Waals surface area (Å²) >= 11 is 0. The van der Waals surface area contributed by atoms with Crippen LogP contribution in [0.4, 0.5) is 17.6 Å². The number of alkyl halides is 3. The molecule has 8 heteroatoms. The normalized spacial score (nSPS) is 11.1. The maximum atomic E-state index is 13.3. The largest absolute Gasteiger partial charge is 0.471 e. The second-order valence-corrected chi connectivity index (χ2v) is 3.81. The van der Waals surface area contributed by atoms with E-state index >= 15 is 0 Å². The Hall–Kier alpha value is -2.12. The zero-order valence-electron chi connectivity index (χ0n) is 10.4. The zero-order chi connectivity index (χ0) is 15.3. The van der Waals surface area contributed by atoms with Crippen molar-refractivity contribution in [2.45, 2.75) is 12.6 Å². The summed E-state index contributed by atoms with van der Waals surface area (Å²) < 4.78 is 53.4. The standard InChI is InChI=1S/C12H11F4NO3/c1-20-10(18)8-6-7(2-3-9(8)13)4-5-17-11(19)12(14,15)16/h2-3,6H,4-5H2,1H3,(H,17,19). The number of halogens is 4. The van der Waals surface area contributed by atoms with Crippen LogP contribution in [0.25, 0.3) is 0 Å². The molecular weight excluding hydrogens is 282 g/mol. The van der Waals surface area contributed by atoms with Gasteiger partial charge in [-0.05, 0) is 24.1 Å². The summed E-state index contributed by atoms with van der Waals surface area (Å²) in [5.41, 5.74) is 0.0847. The summed E-state index contributed by atoms with van der Waals surface area (Å²) in [6.45, 7) is -0.287. The highest BCUT2D eigenvalue weighted by molar-refractivity contribution is 5.89. The molecule has 0 atom stereocenters. The maximum Gasteiger partial charge on any atom is 0.471 e. The van der Waals surface area contributed by atoms with Crippen LogP contribution >= 0.6 is 0 Å². The lowest BCUT2D eigenvalue weighted by atomic mass is 10.1. The number of carbonyl (C=O) groups is 2. The number of benzene rings is 1. The smallest absolute Gasteiger partial charge is 0.465 e. The van der Waals surface area contributed by atoms with E-state index in [4.69, 9.17) is 0 Å². The number of rotatable bonds is 4. The molecule has 20 heavy (non-hydrogen) atoms. The minimum Gasteiger partial charge on any atom is -0.465 e. The first-order valence-corrected chi connectivity index (χ1v) is 5.47. The van der Waals surface area contributed by atoms with Crippen molar-refractivity contribution < 1.29 is 31.9 Å². The van der Waals surface area contributed by atoms with Crippen LogP contribution in [-0.2, 0) is 16.0 Å². The predicted molar refractivity (Wildman–Crippen MR) is 60.5 cm³/mol. The van der Waals surface area contributed by atoms with Crippen LogP contribution in [-0.4, -0.2) is 31.7 Å². The van der Waals surface area contributed by atoms with Crippen LogP contribution in [0.3, 0.4) is 0 Å². The third-order valence-electron chi connectivity index (χ3n) is 2.39. The van der Waals surface area contributed by atoms with Gasteiger partial charge in [-0.3, -0.25) is 4.79 Å². The van der Waals surface area contributed by atoms with Crippen LogP contribution in [0, 0.1) is 5.82 Å². The van der Waals surface area contributed by atoms with E-state index in [-0.39, 0.29) is 18.5 Å². The van der Waals surface area contributed by atoms with Gasteiger partial charge in [0.05, 0.1) is 12.7 Å². The Morgan fingerprint density at radius 2 is 1.95 bits per heavy atom. The van der Waals surface area contributed by atoms with Crippen molar-refractivity contribution >= 4 is 11.9 Å². The van der Waals surface area contributed by atoms with Crippen molar-refractivity contribution in [1.29, 1.82) is 0 Å². The molecule has 0 saturated carbocycles. The summed E-state index contributed by atoms with van der Waals surface area (Å²) in [7, 11) is 1.08. The number of methoxy groups -OCH3 is 1. The number of esters is 1. The van der Waals surface area contributed by atoms with Crippen molar-refractivity contribution in [3.63, 3.8) is 0 Å². The summed E-state index contributed by atoms with van der Waals surface area (Å²) in [6.07, 6.45) is -4.92. The van der Waals surface area contributed by atoms with E-state index in [1.54, 1.807) is 5.32 Å². The Morgan fingerprint density at radius 1 is 1.30 bits per heavy atom. The molecule has 0 fully saturated rings. The van der Waals surface area contributed by atoms with Crippen molar-refractivity contribution in [3.05, 3.63) is 35.1 Å². The van der Waals surface area contributed by atoms with Gasteiger partial charge < -0.3 is 10.1 Å². The van der Waals surface area contributed by atoms with Crippen molar-refractivity contribution in [1.82, 2.24) is 5.32 Å². The Kier molecular flexibility index (Phi) is 5.06. The fourth-order valence-electron chi connectivity index (χ4n) is 1.41. The Bertz CT molecular complexity index is 514. The third kappa shape index (κ3) is 4.22. The molecule has 0 radical (unpaired) electrons. The highest BCUT2D eigenvalue weighted by Crippen LogP contribution is 2.15.